The van der Waals surface area contributed by atoms with Gasteiger partial charge in [-0.25, -0.2) is 0 Å². The zero-order valence-electron chi connectivity index (χ0n) is 10.7. The molecular weight excluding hydrogens is 292 g/mol. The summed E-state index contributed by atoms with van der Waals surface area (Å²) >= 11 is 3.42. The minimum absolute atomic E-state index is 0.536. The van der Waals surface area contributed by atoms with Crippen LogP contribution in [-0.4, -0.2) is 12.2 Å². The highest BCUT2D eigenvalue weighted by atomic mass is 79.9. The second kappa shape index (κ2) is 6.39. The molecule has 1 N–H and O–H groups in total. The number of rotatable bonds is 3. The van der Waals surface area contributed by atoms with E-state index in [9.17, 15) is 5.11 Å². The molecule has 1 aromatic rings. The van der Waals surface area contributed by atoms with Crippen LogP contribution in [0, 0.1) is 0 Å². The fourth-order valence-electron chi connectivity index (χ4n) is 2.40. The SMILES string of the molecule is COc1cc(Br)ccc1C(O)C1=CCCCCC1. The third kappa shape index (κ3) is 3.15. The minimum atomic E-state index is -0.536. The van der Waals surface area contributed by atoms with E-state index >= 15 is 0 Å². The number of hydrogen-bond donors (Lipinski definition) is 1. The van der Waals surface area contributed by atoms with Crippen LogP contribution in [0.3, 0.4) is 0 Å². The second-order valence-electron chi connectivity index (χ2n) is 4.67. The highest BCUT2D eigenvalue weighted by Gasteiger charge is 2.18. The Hall–Kier alpha value is -0.800. The van der Waals surface area contributed by atoms with Crippen molar-refractivity contribution in [1.82, 2.24) is 0 Å². The number of halogens is 1. The van der Waals surface area contributed by atoms with E-state index in [1.54, 1.807) is 7.11 Å². The van der Waals surface area contributed by atoms with Gasteiger partial charge < -0.3 is 9.84 Å². The second-order valence-corrected chi connectivity index (χ2v) is 5.58. The largest absolute Gasteiger partial charge is 0.496 e. The van der Waals surface area contributed by atoms with Crippen molar-refractivity contribution in [1.29, 1.82) is 0 Å². The van der Waals surface area contributed by atoms with Crippen molar-refractivity contribution in [3.05, 3.63) is 39.9 Å². The lowest BCUT2D eigenvalue weighted by Crippen LogP contribution is -2.04. The van der Waals surface area contributed by atoms with Crippen LogP contribution >= 0.6 is 15.9 Å². The third-order valence-corrected chi connectivity index (χ3v) is 3.91. The Morgan fingerprint density at radius 2 is 2.11 bits per heavy atom. The maximum atomic E-state index is 10.5. The first-order chi connectivity index (χ1) is 8.72. The third-order valence-electron chi connectivity index (χ3n) is 3.42. The van der Waals surface area contributed by atoms with Crippen LogP contribution in [0.2, 0.25) is 0 Å². The molecular formula is C15H19BrO2. The summed E-state index contributed by atoms with van der Waals surface area (Å²) in [7, 11) is 1.64. The van der Waals surface area contributed by atoms with Crippen LogP contribution in [-0.2, 0) is 0 Å². The molecule has 0 amide bonds. The van der Waals surface area contributed by atoms with Crippen molar-refractivity contribution in [2.24, 2.45) is 0 Å². The van der Waals surface area contributed by atoms with Crippen LogP contribution in [0.5, 0.6) is 5.75 Å². The Morgan fingerprint density at radius 3 is 2.89 bits per heavy atom. The molecule has 2 rings (SSSR count). The number of hydrogen-bond acceptors (Lipinski definition) is 2. The minimum Gasteiger partial charge on any atom is -0.496 e. The Morgan fingerprint density at radius 1 is 1.28 bits per heavy atom. The monoisotopic (exact) mass is 310 g/mol. The van der Waals surface area contributed by atoms with Crippen molar-refractivity contribution in [3.8, 4) is 5.75 Å². The first-order valence-corrected chi connectivity index (χ1v) is 7.22. The summed E-state index contributed by atoms with van der Waals surface area (Å²) in [5.74, 6) is 0.738. The molecule has 98 valence electrons. The zero-order chi connectivity index (χ0) is 13.0. The average molecular weight is 311 g/mol. The lowest BCUT2D eigenvalue weighted by molar-refractivity contribution is 0.205. The lowest BCUT2D eigenvalue weighted by Gasteiger charge is -2.17. The van der Waals surface area contributed by atoms with Gasteiger partial charge in [0, 0.05) is 10.0 Å². The van der Waals surface area contributed by atoms with Gasteiger partial charge in [0.25, 0.3) is 0 Å². The fraction of sp³-hybridized carbons (Fsp3) is 0.467. The van der Waals surface area contributed by atoms with Gasteiger partial charge in [0.05, 0.1) is 7.11 Å². The first kappa shape index (κ1) is 13.6. The Labute approximate surface area is 117 Å². The number of methoxy groups -OCH3 is 1. The molecule has 0 bridgehead atoms. The average Bonchev–Trinajstić information content (AvgIpc) is 2.66. The Bertz CT molecular complexity index is 440. The summed E-state index contributed by atoms with van der Waals surface area (Å²) in [5, 5.41) is 10.5. The normalized spacial score (nSPS) is 17.8. The molecule has 0 spiro atoms. The summed E-state index contributed by atoms with van der Waals surface area (Å²) < 4.78 is 6.32. The quantitative estimate of drug-likeness (QED) is 0.839. The summed E-state index contributed by atoms with van der Waals surface area (Å²) in [5.41, 5.74) is 1.99. The summed E-state index contributed by atoms with van der Waals surface area (Å²) in [4.78, 5) is 0. The lowest BCUT2D eigenvalue weighted by atomic mass is 9.97. The highest BCUT2D eigenvalue weighted by molar-refractivity contribution is 9.10. The Kier molecular flexibility index (Phi) is 4.84. The van der Waals surface area contributed by atoms with E-state index in [4.69, 9.17) is 4.74 Å². The predicted molar refractivity (Wildman–Crippen MR) is 76.8 cm³/mol. The molecule has 0 aromatic heterocycles. The van der Waals surface area contributed by atoms with E-state index in [0.717, 1.165) is 34.2 Å². The number of allylic oxidation sites excluding steroid dienone is 1. The van der Waals surface area contributed by atoms with Crippen molar-refractivity contribution in [3.63, 3.8) is 0 Å². The van der Waals surface area contributed by atoms with Crippen LogP contribution < -0.4 is 4.74 Å². The van der Waals surface area contributed by atoms with Crippen molar-refractivity contribution < 1.29 is 9.84 Å². The molecule has 0 fully saturated rings. The van der Waals surface area contributed by atoms with E-state index in [-0.39, 0.29) is 0 Å². The van der Waals surface area contributed by atoms with E-state index in [0.29, 0.717) is 0 Å². The van der Waals surface area contributed by atoms with Gasteiger partial charge in [-0.05, 0) is 43.4 Å². The van der Waals surface area contributed by atoms with Crippen LogP contribution in [0.4, 0.5) is 0 Å². The van der Waals surface area contributed by atoms with Crippen LogP contribution in [0.15, 0.2) is 34.3 Å². The molecule has 1 unspecified atom stereocenters. The molecule has 2 nitrogen and oxygen atoms in total. The summed E-state index contributed by atoms with van der Waals surface area (Å²) in [6, 6.07) is 5.77. The molecule has 0 heterocycles. The molecule has 0 radical (unpaired) electrons. The Balaban J connectivity index is 2.27. The number of aliphatic hydroxyl groups excluding tert-OH is 1. The predicted octanol–water partition coefficient (Wildman–Crippen LogP) is 4.38. The van der Waals surface area contributed by atoms with Gasteiger partial charge in [-0.2, -0.15) is 0 Å². The zero-order valence-corrected chi connectivity index (χ0v) is 12.2. The highest BCUT2D eigenvalue weighted by Crippen LogP contribution is 2.35. The van der Waals surface area contributed by atoms with Gasteiger partial charge in [0.15, 0.2) is 0 Å². The van der Waals surface area contributed by atoms with E-state index in [1.165, 1.54) is 19.3 Å². The van der Waals surface area contributed by atoms with Gasteiger partial charge >= 0.3 is 0 Å². The molecule has 0 aliphatic heterocycles. The first-order valence-electron chi connectivity index (χ1n) is 6.43. The molecule has 1 aliphatic carbocycles. The van der Waals surface area contributed by atoms with Crippen LogP contribution in [0.25, 0.3) is 0 Å². The molecule has 0 saturated heterocycles. The maximum Gasteiger partial charge on any atom is 0.126 e. The van der Waals surface area contributed by atoms with Gasteiger partial charge in [0.2, 0.25) is 0 Å². The number of ether oxygens (including phenoxy) is 1. The van der Waals surface area contributed by atoms with Crippen molar-refractivity contribution >= 4 is 15.9 Å². The topological polar surface area (TPSA) is 29.5 Å². The molecule has 1 atom stereocenters. The number of aliphatic hydroxyl groups is 1. The molecule has 1 aromatic carbocycles. The fourth-order valence-corrected chi connectivity index (χ4v) is 2.74. The van der Waals surface area contributed by atoms with Crippen LogP contribution in [0.1, 0.15) is 43.8 Å². The summed E-state index contributed by atoms with van der Waals surface area (Å²) in [6.07, 6.45) is 7.37. The molecule has 1 aliphatic rings. The van der Waals surface area contributed by atoms with Gasteiger partial charge in [0.1, 0.15) is 11.9 Å². The van der Waals surface area contributed by atoms with Crippen molar-refractivity contribution in [2.45, 2.75) is 38.2 Å². The summed E-state index contributed by atoms with van der Waals surface area (Å²) in [6.45, 7) is 0. The number of benzene rings is 1. The van der Waals surface area contributed by atoms with E-state index in [2.05, 4.69) is 22.0 Å². The molecule has 18 heavy (non-hydrogen) atoms. The van der Waals surface area contributed by atoms with Gasteiger partial charge in [-0.1, -0.05) is 34.5 Å². The van der Waals surface area contributed by atoms with E-state index < -0.39 is 6.10 Å². The van der Waals surface area contributed by atoms with Gasteiger partial charge in [-0.3, -0.25) is 0 Å². The molecule has 0 saturated carbocycles. The molecule has 3 heteroatoms. The smallest absolute Gasteiger partial charge is 0.126 e. The van der Waals surface area contributed by atoms with Gasteiger partial charge in [-0.15, -0.1) is 0 Å². The van der Waals surface area contributed by atoms with Crippen molar-refractivity contribution in [2.75, 3.05) is 7.11 Å². The standard InChI is InChI=1S/C15H19BrO2/c1-18-14-10-12(16)8-9-13(14)15(17)11-6-4-2-3-5-7-11/h6,8-10,15,17H,2-5,7H2,1H3. The van der Waals surface area contributed by atoms with E-state index in [1.807, 2.05) is 18.2 Å². The maximum absolute atomic E-state index is 10.5.